The number of nitrogens with two attached hydrogens (primary N) is 1. The lowest BCUT2D eigenvalue weighted by Crippen LogP contribution is -2.42. The Kier molecular flexibility index (Phi) is 4.39. The van der Waals surface area contributed by atoms with Crippen LogP contribution in [-0.2, 0) is 11.3 Å². The molecule has 104 valence electrons. The highest BCUT2D eigenvalue weighted by Gasteiger charge is 2.19. The molecule has 1 atom stereocenters. The minimum atomic E-state index is 0.0307. The average Bonchev–Trinajstić information content (AvgIpc) is 2.41. The van der Waals surface area contributed by atoms with Crippen LogP contribution < -0.4 is 10.5 Å². The van der Waals surface area contributed by atoms with Crippen LogP contribution in [0.4, 0.5) is 0 Å². The first-order valence-corrected chi connectivity index (χ1v) is 6.45. The maximum absolute atomic E-state index is 7.51. The average molecular weight is 263 g/mol. The zero-order valence-electron chi connectivity index (χ0n) is 11.5. The van der Waals surface area contributed by atoms with E-state index in [9.17, 15) is 0 Å². The summed E-state index contributed by atoms with van der Waals surface area (Å²) in [6.45, 7) is 5.53. The summed E-state index contributed by atoms with van der Waals surface area (Å²) in [4.78, 5) is 2.38. The molecule has 1 aliphatic rings. The van der Waals surface area contributed by atoms with Crippen molar-refractivity contribution in [1.29, 1.82) is 5.41 Å². The summed E-state index contributed by atoms with van der Waals surface area (Å²) in [5.74, 6) is 0.689. The van der Waals surface area contributed by atoms with E-state index in [0.717, 1.165) is 31.9 Å². The van der Waals surface area contributed by atoms with Gasteiger partial charge in [0.2, 0.25) is 0 Å². The molecule has 5 nitrogen and oxygen atoms in total. The number of nitrogens with zero attached hydrogens (tertiary/aromatic N) is 1. The molecule has 0 bridgehead atoms. The minimum absolute atomic E-state index is 0.0307. The van der Waals surface area contributed by atoms with E-state index >= 15 is 0 Å². The van der Waals surface area contributed by atoms with Crippen LogP contribution in [0.1, 0.15) is 18.1 Å². The van der Waals surface area contributed by atoms with E-state index in [2.05, 4.69) is 11.8 Å². The van der Waals surface area contributed by atoms with E-state index in [0.29, 0.717) is 17.4 Å². The van der Waals surface area contributed by atoms with Crippen LogP contribution in [0.2, 0.25) is 0 Å². The summed E-state index contributed by atoms with van der Waals surface area (Å²) in [6.07, 6.45) is 0. The maximum Gasteiger partial charge on any atom is 0.130 e. The Morgan fingerprint density at radius 3 is 3.00 bits per heavy atom. The van der Waals surface area contributed by atoms with E-state index in [1.807, 2.05) is 18.2 Å². The molecule has 1 unspecified atom stereocenters. The molecule has 0 aliphatic carbocycles. The second-order valence-electron chi connectivity index (χ2n) is 4.84. The third-order valence-electron chi connectivity index (χ3n) is 3.45. The van der Waals surface area contributed by atoms with Crippen molar-refractivity contribution < 1.29 is 9.47 Å². The Labute approximate surface area is 113 Å². The van der Waals surface area contributed by atoms with Gasteiger partial charge < -0.3 is 15.2 Å². The fraction of sp³-hybridized carbons (Fsp3) is 0.500. The van der Waals surface area contributed by atoms with Gasteiger partial charge in [0.15, 0.2) is 0 Å². The second kappa shape index (κ2) is 6.04. The van der Waals surface area contributed by atoms with Gasteiger partial charge in [-0.15, -0.1) is 0 Å². The van der Waals surface area contributed by atoms with Crippen molar-refractivity contribution in [3.05, 3.63) is 29.3 Å². The topological polar surface area (TPSA) is 71.6 Å². The molecule has 1 aromatic rings. The van der Waals surface area contributed by atoms with Crippen LogP contribution in [-0.4, -0.2) is 43.6 Å². The van der Waals surface area contributed by atoms with Gasteiger partial charge in [0, 0.05) is 19.1 Å². The zero-order chi connectivity index (χ0) is 13.8. The molecule has 1 aromatic carbocycles. The molecule has 1 heterocycles. The van der Waals surface area contributed by atoms with Gasteiger partial charge in [0.1, 0.15) is 11.6 Å². The van der Waals surface area contributed by atoms with Gasteiger partial charge in [0.25, 0.3) is 0 Å². The van der Waals surface area contributed by atoms with Gasteiger partial charge >= 0.3 is 0 Å². The number of rotatable bonds is 4. The van der Waals surface area contributed by atoms with Crippen molar-refractivity contribution >= 4 is 5.84 Å². The normalized spacial score (nSPS) is 20.2. The molecule has 0 spiro atoms. The predicted octanol–water partition coefficient (Wildman–Crippen LogP) is 1.20. The Morgan fingerprint density at radius 2 is 2.37 bits per heavy atom. The first-order valence-electron chi connectivity index (χ1n) is 6.45. The van der Waals surface area contributed by atoms with E-state index < -0.39 is 0 Å². The van der Waals surface area contributed by atoms with Crippen molar-refractivity contribution in [3.8, 4) is 5.75 Å². The molecule has 1 fully saturated rings. The molecule has 0 aromatic heterocycles. The van der Waals surface area contributed by atoms with Crippen molar-refractivity contribution in [2.24, 2.45) is 5.73 Å². The Balaban J connectivity index is 2.14. The van der Waals surface area contributed by atoms with Crippen LogP contribution in [0.15, 0.2) is 18.2 Å². The Bertz CT molecular complexity index is 462. The molecule has 19 heavy (non-hydrogen) atoms. The van der Waals surface area contributed by atoms with E-state index in [1.165, 1.54) is 0 Å². The minimum Gasteiger partial charge on any atom is -0.496 e. The highest BCUT2D eigenvalue weighted by molar-refractivity contribution is 5.97. The number of amidine groups is 1. The quantitative estimate of drug-likeness (QED) is 0.632. The van der Waals surface area contributed by atoms with E-state index in [1.54, 1.807) is 7.11 Å². The lowest BCUT2D eigenvalue weighted by atomic mass is 10.1. The summed E-state index contributed by atoms with van der Waals surface area (Å²) in [7, 11) is 1.60. The predicted molar refractivity (Wildman–Crippen MR) is 74.7 cm³/mol. The van der Waals surface area contributed by atoms with Crippen molar-refractivity contribution in [3.63, 3.8) is 0 Å². The third-order valence-corrected chi connectivity index (χ3v) is 3.45. The van der Waals surface area contributed by atoms with Crippen LogP contribution in [0.3, 0.4) is 0 Å². The molecule has 3 N–H and O–H groups in total. The number of nitrogens with one attached hydrogen (secondary N) is 1. The summed E-state index contributed by atoms with van der Waals surface area (Å²) >= 11 is 0. The molecule has 2 rings (SSSR count). The van der Waals surface area contributed by atoms with Gasteiger partial charge in [0.05, 0.1) is 25.9 Å². The SMILES string of the molecule is COc1cc(CN2CCOCC2C)ccc1C(=N)N. The molecule has 1 saturated heterocycles. The van der Waals surface area contributed by atoms with Crippen LogP contribution in [0.25, 0.3) is 0 Å². The van der Waals surface area contributed by atoms with Gasteiger partial charge in [-0.05, 0) is 24.6 Å². The molecule has 0 saturated carbocycles. The molecule has 0 amide bonds. The Morgan fingerprint density at radius 1 is 1.58 bits per heavy atom. The standard InChI is InChI=1S/C14H21N3O2/c1-10-9-19-6-5-17(10)8-11-3-4-12(14(15)16)13(7-11)18-2/h3-4,7,10H,5-6,8-9H2,1-2H3,(H3,15,16). The fourth-order valence-electron chi connectivity index (χ4n) is 2.29. The zero-order valence-corrected chi connectivity index (χ0v) is 11.5. The molecule has 5 heteroatoms. The molecule has 1 aliphatic heterocycles. The third kappa shape index (κ3) is 3.24. The number of methoxy groups -OCH3 is 1. The lowest BCUT2D eigenvalue weighted by molar-refractivity contribution is -0.00438. The maximum atomic E-state index is 7.51. The summed E-state index contributed by atoms with van der Waals surface area (Å²) < 4.78 is 10.7. The fourth-order valence-corrected chi connectivity index (χ4v) is 2.29. The number of ether oxygens (including phenoxy) is 2. The van der Waals surface area contributed by atoms with Crippen molar-refractivity contribution in [2.75, 3.05) is 26.9 Å². The number of hydrogen-bond acceptors (Lipinski definition) is 4. The largest absolute Gasteiger partial charge is 0.496 e. The lowest BCUT2D eigenvalue weighted by Gasteiger charge is -2.33. The van der Waals surface area contributed by atoms with Crippen LogP contribution in [0, 0.1) is 5.41 Å². The van der Waals surface area contributed by atoms with Gasteiger partial charge in [-0.1, -0.05) is 6.07 Å². The number of morpholine rings is 1. The number of benzene rings is 1. The first-order chi connectivity index (χ1) is 9.11. The van der Waals surface area contributed by atoms with Gasteiger partial charge in [-0.25, -0.2) is 0 Å². The van der Waals surface area contributed by atoms with Gasteiger partial charge in [-0.3, -0.25) is 10.3 Å². The summed E-state index contributed by atoms with van der Waals surface area (Å²) in [5.41, 5.74) is 7.33. The first kappa shape index (κ1) is 13.8. The van der Waals surface area contributed by atoms with E-state index in [4.69, 9.17) is 20.6 Å². The highest BCUT2D eigenvalue weighted by Crippen LogP contribution is 2.21. The van der Waals surface area contributed by atoms with Gasteiger partial charge in [-0.2, -0.15) is 0 Å². The van der Waals surface area contributed by atoms with Crippen molar-refractivity contribution in [2.45, 2.75) is 19.5 Å². The van der Waals surface area contributed by atoms with E-state index in [-0.39, 0.29) is 5.84 Å². The molecule has 0 radical (unpaired) electrons. The second-order valence-corrected chi connectivity index (χ2v) is 4.84. The summed E-state index contributed by atoms with van der Waals surface area (Å²) in [6, 6.07) is 6.23. The number of nitrogen functional groups attached to an aromatic ring is 1. The van der Waals surface area contributed by atoms with Crippen LogP contribution >= 0.6 is 0 Å². The number of hydrogen-bond donors (Lipinski definition) is 2. The summed E-state index contributed by atoms with van der Waals surface area (Å²) in [5, 5.41) is 7.51. The Hall–Kier alpha value is -1.59. The highest BCUT2D eigenvalue weighted by atomic mass is 16.5. The van der Waals surface area contributed by atoms with Crippen molar-refractivity contribution in [1.82, 2.24) is 4.90 Å². The van der Waals surface area contributed by atoms with Crippen LogP contribution in [0.5, 0.6) is 5.75 Å². The monoisotopic (exact) mass is 263 g/mol. The molecular weight excluding hydrogens is 242 g/mol. The molecular formula is C14H21N3O2. The smallest absolute Gasteiger partial charge is 0.130 e.